The molecule has 0 bridgehead atoms. The van der Waals surface area contributed by atoms with Crippen molar-refractivity contribution in [2.75, 3.05) is 20.2 Å². The summed E-state index contributed by atoms with van der Waals surface area (Å²) in [5.74, 6) is 0.940. The average molecular weight is 443 g/mol. The van der Waals surface area contributed by atoms with E-state index in [0.717, 1.165) is 49.0 Å². The van der Waals surface area contributed by atoms with Crippen molar-refractivity contribution < 1.29 is 17.9 Å². The average Bonchev–Trinajstić information content (AvgIpc) is 3.63. The van der Waals surface area contributed by atoms with Gasteiger partial charge >= 0.3 is 0 Å². The molecule has 1 unspecified atom stereocenters. The summed E-state index contributed by atoms with van der Waals surface area (Å²) in [5, 5.41) is 3.16. The predicted octanol–water partition coefficient (Wildman–Crippen LogP) is 4.06. The zero-order valence-electron chi connectivity index (χ0n) is 18.1. The van der Waals surface area contributed by atoms with E-state index in [2.05, 4.69) is 5.32 Å². The maximum Gasteiger partial charge on any atom is 0.252 e. The van der Waals surface area contributed by atoms with Gasteiger partial charge in [-0.1, -0.05) is 24.6 Å². The van der Waals surface area contributed by atoms with Crippen molar-refractivity contribution >= 4 is 15.9 Å². The second-order valence-corrected chi connectivity index (χ2v) is 10.4. The molecule has 1 saturated heterocycles. The molecule has 6 nitrogen and oxygen atoms in total. The molecule has 1 amide bonds. The largest absolute Gasteiger partial charge is 0.497 e. The summed E-state index contributed by atoms with van der Waals surface area (Å²) < 4.78 is 32.9. The van der Waals surface area contributed by atoms with Gasteiger partial charge in [0.2, 0.25) is 10.0 Å². The van der Waals surface area contributed by atoms with Gasteiger partial charge in [-0.3, -0.25) is 4.79 Å². The number of carbonyl (C=O) groups excluding carboxylic acids is 1. The SMILES string of the molecule is COc1ccc(C(NC(=O)c2cc(S(=O)(=O)N3CCCCC3)ccc2C)C2CC2)cc1. The van der Waals surface area contributed by atoms with Gasteiger partial charge in [0.25, 0.3) is 5.91 Å². The van der Waals surface area contributed by atoms with Gasteiger partial charge in [0.05, 0.1) is 18.0 Å². The minimum absolute atomic E-state index is 0.0971. The van der Waals surface area contributed by atoms with Crippen LogP contribution >= 0.6 is 0 Å². The zero-order chi connectivity index (χ0) is 22.0. The minimum Gasteiger partial charge on any atom is -0.497 e. The lowest BCUT2D eigenvalue weighted by atomic mass is 10.0. The Balaban J connectivity index is 1.58. The van der Waals surface area contributed by atoms with E-state index >= 15 is 0 Å². The number of nitrogens with zero attached hydrogens (tertiary/aromatic N) is 1. The van der Waals surface area contributed by atoms with E-state index in [1.165, 1.54) is 10.4 Å². The van der Waals surface area contributed by atoms with Crippen LogP contribution in [0.15, 0.2) is 47.4 Å². The van der Waals surface area contributed by atoms with Crippen LogP contribution in [-0.2, 0) is 10.0 Å². The van der Waals surface area contributed by atoms with E-state index in [4.69, 9.17) is 4.74 Å². The van der Waals surface area contributed by atoms with Crippen LogP contribution in [0.2, 0.25) is 0 Å². The van der Waals surface area contributed by atoms with Gasteiger partial charge in [-0.15, -0.1) is 0 Å². The molecular formula is C24H30N2O4S. The maximum absolute atomic E-state index is 13.2. The van der Waals surface area contributed by atoms with Crippen molar-refractivity contribution in [3.63, 3.8) is 0 Å². The predicted molar refractivity (Wildman–Crippen MR) is 120 cm³/mol. The lowest BCUT2D eigenvalue weighted by Crippen LogP contribution is -2.36. The first-order valence-electron chi connectivity index (χ1n) is 11.0. The van der Waals surface area contributed by atoms with Crippen molar-refractivity contribution in [3.05, 3.63) is 59.2 Å². The summed E-state index contributed by atoms with van der Waals surface area (Å²) in [6, 6.07) is 12.5. The fourth-order valence-electron chi connectivity index (χ4n) is 4.19. The molecule has 7 heteroatoms. The lowest BCUT2D eigenvalue weighted by Gasteiger charge is -2.26. The summed E-state index contributed by atoms with van der Waals surface area (Å²) in [4.78, 5) is 13.4. The Bertz CT molecular complexity index is 1040. The van der Waals surface area contributed by atoms with Gasteiger partial charge in [-0.2, -0.15) is 4.31 Å². The number of amides is 1. The molecular weight excluding hydrogens is 412 g/mol. The van der Waals surface area contributed by atoms with Crippen LogP contribution < -0.4 is 10.1 Å². The number of carbonyl (C=O) groups is 1. The third kappa shape index (κ3) is 4.77. The smallest absolute Gasteiger partial charge is 0.252 e. The highest BCUT2D eigenvalue weighted by Crippen LogP contribution is 2.41. The van der Waals surface area contributed by atoms with Crippen LogP contribution in [0.25, 0.3) is 0 Å². The number of rotatable bonds is 7. The minimum atomic E-state index is -3.59. The topological polar surface area (TPSA) is 75.7 Å². The van der Waals surface area contributed by atoms with Crippen molar-refractivity contribution in [2.24, 2.45) is 5.92 Å². The number of methoxy groups -OCH3 is 1. The van der Waals surface area contributed by atoms with Crippen molar-refractivity contribution in [1.29, 1.82) is 0 Å². The Morgan fingerprint density at radius 3 is 2.35 bits per heavy atom. The molecule has 1 aliphatic carbocycles. The fourth-order valence-corrected chi connectivity index (χ4v) is 5.74. The molecule has 0 spiro atoms. The number of ether oxygens (including phenoxy) is 1. The summed E-state index contributed by atoms with van der Waals surface area (Å²) in [6.07, 6.45) is 4.95. The molecule has 2 aromatic carbocycles. The number of nitrogens with one attached hydrogen (secondary N) is 1. The van der Waals surface area contributed by atoms with Gasteiger partial charge in [0.15, 0.2) is 0 Å². The number of benzene rings is 2. The number of hydrogen-bond acceptors (Lipinski definition) is 4. The normalized spacial score (nSPS) is 18.4. The van der Waals surface area contributed by atoms with Crippen molar-refractivity contribution in [2.45, 2.75) is 50.0 Å². The van der Waals surface area contributed by atoms with Crippen LogP contribution in [0.1, 0.15) is 59.6 Å². The summed E-state index contributed by atoms with van der Waals surface area (Å²) in [5.41, 5.74) is 2.21. The van der Waals surface area contributed by atoms with Crippen LogP contribution in [0.5, 0.6) is 5.75 Å². The quantitative estimate of drug-likeness (QED) is 0.702. The first kappa shape index (κ1) is 21.8. The number of piperidine rings is 1. The molecule has 4 rings (SSSR count). The lowest BCUT2D eigenvalue weighted by molar-refractivity contribution is 0.0931. The van der Waals surface area contributed by atoms with E-state index in [1.54, 1.807) is 19.2 Å². The molecule has 1 atom stereocenters. The van der Waals surface area contributed by atoms with Gasteiger partial charge in [-0.25, -0.2) is 8.42 Å². The van der Waals surface area contributed by atoms with E-state index in [-0.39, 0.29) is 16.8 Å². The van der Waals surface area contributed by atoms with Crippen LogP contribution in [0.3, 0.4) is 0 Å². The van der Waals surface area contributed by atoms with Crippen LogP contribution in [0.4, 0.5) is 0 Å². The molecule has 0 radical (unpaired) electrons. The monoisotopic (exact) mass is 442 g/mol. The Hall–Kier alpha value is -2.38. The van der Waals surface area contributed by atoms with Crippen molar-refractivity contribution in [1.82, 2.24) is 9.62 Å². The molecule has 1 heterocycles. The zero-order valence-corrected chi connectivity index (χ0v) is 19.0. The summed E-state index contributed by atoms with van der Waals surface area (Å²) in [7, 11) is -1.96. The van der Waals surface area contributed by atoms with Gasteiger partial charge in [-0.05, 0) is 73.9 Å². The molecule has 1 saturated carbocycles. The molecule has 31 heavy (non-hydrogen) atoms. The van der Waals surface area contributed by atoms with E-state index in [0.29, 0.717) is 24.6 Å². The second kappa shape index (κ2) is 9.01. The fraction of sp³-hybridized carbons (Fsp3) is 0.458. The Labute approximate surface area is 184 Å². The Morgan fingerprint density at radius 2 is 1.74 bits per heavy atom. The number of aryl methyl sites for hydroxylation is 1. The number of sulfonamides is 1. The molecule has 1 aliphatic heterocycles. The molecule has 2 aliphatic rings. The Morgan fingerprint density at radius 1 is 1.06 bits per heavy atom. The second-order valence-electron chi connectivity index (χ2n) is 8.50. The molecule has 2 aromatic rings. The third-order valence-electron chi connectivity index (χ3n) is 6.26. The highest BCUT2D eigenvalue weighted by atomic mass is 32.2. The van der Waals surface area contributed by atoms with E-state index in [9.17, 15) is 13.2 Å². The molecule has 1 N–H and O–H groups in total. The molecule has 166 valence electrons. The Kier molecular flexibility index (Phi) is 6.34. The molecule has 0 aromatic heterocycles. The van der Waals surface area contributed by atoms with Crippen molar-refractivity contribution in [3.8, 4) is 5.75 Å². The van der Waals surface area contributed by atoms with E-state index < -0.39 is 10.0 Å². The standard InChI is InChI=1S/C24H30N2O4S/c1-17-6-13-21(31(28,29)26-14-4-3-5-15-26)16-22(17)24(27)25-23(18-7-8-18)19-9-11-20(30-2)12-10-19/h6,9-13,16,18,23H,3-5,7-8,14-15H2,1-2H3,(H,25,27). The van der Waals surface area contributed by atoms with Crippen LogP contribution in [0, 0.1) is 12.8 Å². The van der Waals surface area contributed by atoms with E-state index in [1.807, 2.05) is 31.2 Å². The highest BCUT2D eigenvalue weighted by Gasteiger charge is 2.34. The van der Waals surface area contributed by atoms with Gasteiger partial charge in [0, 0.05) is 18.7 Å². The highest BCUT2D eigenvalue weighted by molar-refractivity contribution is 7.89. The van der Waals surface area contributed by atoms with Gasteiger partial charge < -0.3 is 10.1 Å². The molecule has 2 fully saturated rings. The van der Waals surface area contributed by atoms with Crippen LogP contribution in [-0.4, -0.2) is 38.8 Å². The first-order valence-corrected chi connectivity index (χ1v) is 12.4. The summed E-state index contributed by atoms with van der Waals surface area (Å²) in [6.45, 7) is 2.92. The first-order chi connectivity index (χ1) is 14.9. The number of hydrogen-bond donors (Lipinski definition) is 1. The summed E-state index contributed by atoms with van der Waals surface area (Å²) >= 11 is 0. The van der Waals surface area contributed by atoms with Gasteiger partial charge in [0.1, 0.15) is 5.75 Å². The maximum atomic E-state index is 13.2. The third-order valence-corrected chi connectivity index (χ3v) is 8.16.